The Morgan fingerprint density at radius 2 is 1.33 bits per heavy atom. The highest BCUT2D eigenvalue weighted by molar-refractivity contribution is 6.05. The average molecular weight is 700 g/mol. The number of anilines is 3. The van der Waals surface area contributed by atoms with Gasteiger partial charge in [0, 0.05) is 33.5 Å². The maximum absolute atomic E-state index is 6.65. The molecule has 9 aromatic rings. The maximum atomic E-state index is 6.65. The zero-order chi connectivity index (χ0) is 36.1. The van der Waals surface area contributed by atoms with E-state index in [1.54, 1.807) is 0 Å². The number of hydrogen-bond acceptors (Lipinski definition) is 2. The minimum atomic E-state index is -0.614. The van der Waals surface area contributed by atoms with Gasteiger partial charge in [0.05, 0.1) is 11.1 Å². The van der Waals surface area contributed by atoms with E-state index in [1.165, 1.54) is 71.8 Å². The van der Waals surface area contributed by atoms with Crippen LogP contribution in [-0.2, 0) is 11.8 Å². The molecule has 256 valence electrons. The van der Waals surface area contributed by atoms with Gasteiger partial charge in [0.1, 0.15) is 11.3 Å². The summed E-state index contributed by atoms with van der Waals surface area (Å²) < 4.78 is 6.65. The van der Waals surface area contributed by atoms with E-state index in [1.807, 2.05) is 6.07 Å². The topological polar surface area (TPSA) is 16.4 Å². The Hall–Kier alpha value is -7.08. The van der Waals surface area contributed by atoms with Gasteiger partial charge in [0.15, 0.2) is 0 Å². The molecule has 1 spiro atoms. The first-order chi connectivity index (χ1) is 27.3. The first-order valence-electron chi connectivity index (χ1n) is 19.2. The molecule has 1 atom stereocenters. The molecule has 0 bridgehead atoms. The minimum Gasteiger partial charge on any atom is -0.456 e. The number of allylic oxidation sites excluding steroid dienone is 1. The monoisotopic (exact) mass is 699 g/mol. The average Bonchev–Trinajstić information content (AvgIpc) is 3.88. The molecule has 0 saturated carbocycles. The summed E-state index contributed by atoms with van der Waals surface area (Å²) in [5, 5.41) is 3.67. The zero-order valence-corrected chi connectivity index (χ0v) is 30.0. The minimum absolute atomic E-state index is 0.614. The Balaban J connectivity index is 1.19. The number of furan rings is 1. The third-order valence-corrected chi connectivity index (χ3v) is 12.2. The number of nitrogens with zero attached hydrogens (tertiary/aromatic N) is 1. The second-order valence-corrected chi connectivity index (χ2v) is 14.9. The smallest absolute Gasteiger partial charge is 0.135 e. The Kier molecular flexibility index (Phi) is 6.33. The summed E-state index contributed by atoms with van der Waals surface area (Å²) in [7, 11) is 0. The van der Waals surface area contributed by atoms with Crippen LogP contribution in [0.2, 0.25) is 0 Å². The van der Waals surface area contributed by atoms with Crippen molar-refractivity contribution < 1.29 is 4.42 Å². The molecule has 0 fully saturated rings. The van der Waals surface area contributed by atoms with E-state index in [0.29, 0.717) is 0 Å². The van der Waals surface area contributed by atoms with Gasteiger partial charge in [-0.1, -0.05) is 133 Å². The molecule has 12 rings (SSSR count). The predicted octanol–water partition coefficient (Wildman–Crippen LogP) is 13.6. The normalized spacial score (nSPS) is 14.0. The fourth-order valence-electron chi connectivity index (χ4n) is 9.94. The van der Waals surface area contributed by atoms with Crippen LogP contribution in [-0.4, -0.2) is 0 Å². The number of aryl methyl sites for hydroxylation is 1. The van der Waals surface area contributed by atoms with Crippen LogP contribution in [0.3, 0.4) is 0 Å². The Bertz CT molecular complexity index is 3010. The van der Waals surface area contributed by atoms with Crippen molar-refractivity contribution in [3.8, 4) is 33.4 Å². The highest BCUT2D eigenvalue weighted by Crippen LogP contribution is 2.65. The summed E-state index contributed by atoms with van der Waals surface area (Å²) in [4.78, 5) is 2.45. The quantitative estimate of drug-likeness (QED) is 0.182. The van der Waals surface area contributed by atoms with Crippen molar-refractivity contribution in [3.63, 3.8) is 0 Å². The van der Waals surface area contributed by atoms with E-state index in [2.05, 4.69) is 187 Å². The van der Waals surface area contributed by atoms with Gasteiger partial charge in [-0.25, -0.2) is 0 Å². The van der Waals surface area contributed by atoms with E-state index < -0.39 is 5.41 Å². The van der Waals surface area contributed by atoms with E-state index >= 15 is 0 Å². The molecular weight excluding hydrogens is 667 g/mol. The lowest BCUT2D eigenvalue weighted by Gasteiger charge is -2.32. The first kappa shape index (κ1) is 30.4. The standard InChI is InChI=1S/C53H33NO/c1-2-15-35(16-3-1)39-18-8-12-24-48(39)54(37-27-26-34-14-4-5-17-36(34)32-37)38-28-29-42-43-30-31-50-51(44-21-9-13-25-49(44)55-50)52(43)53(47(42)33-38)45-22-10-6-19-40(45)41-20-7-11-23-46(41)53/h1-8,10,12-20,22,24-33H,9,21H2. The number of para-hydroxylation sites is 1. The van der Waals surface area contributed by atoms with Crippen molar-refractivity contribution in [2.45, 2.75) is 18.3 Å². The fourth-order valence-corrected chi connectivity index (χ4v) is 9.94. The van der Waals surface area contributed by atoms with Crippen LogP contribution in [0.5, 0.6) is 0 Å². The van der Waals surface area contributed by atoms with Gasteiger partial charge >= 0.3 is 0 Å². The summed E-state index contributed by atoms with van der Waals surface area (Å²) in [6, 6.07) is 67.0. The first-order valence-corrected chi connectivity index (χ1v) is 19.2. The molecule has 0 aliphatic heterocycles. The molecule has 1 aromatic heterocycles. The van der Waals surface area contributed by atoms with Crippen molar-refractivity contribution in [3.05, 3.63) is 216 Å². The lowest BCUT2D eigenvalue weighted by Crippen LogP contribution is -2.26. The van der Waals surface area contributed by atoms with Crippen molar-refractivity contribution in [2.75, 3.05) is 4.90 Å². The van der Waals surface area contributed by atoms with Gasteiger partial charge in [-0.3, -0.25) is 0 Å². The van der Waals surface area contributed by atoms with Crippen molar-refractivity contribution in [2.24, 2.45) is 0 Å². The van der Waals surface area contributed by atoms with E-state index in [9.17, 15) is 0 Å². The fraction of sp³-hybridized carbons (Fsp3) is 0.0566. The SMILES string of the molecule is c1ccc2c(c#1)C1(c3ccccc3-2)c2cc(N(c3ccc4ccccc4c3)c3ccccc3-c3ccccc3)ccc2-c2ccc3oc4c(c3c21)CCC=C4. The highest BCUT2D eigenvalue weighted by atomic mass is 16.3. The van der Waals surface area contributed by atoms with Gasteiger partial charge in [-0.15, -0.1) is 0 Å². The van der Waals surface area contributed by atoms with Crippen molar-refractivity contribution in [1.29, 1.82) is 0 Å². The molecule has 8 aromatic carbocycles. The molecule has 1 unspecified atom stereocenters. The van der Waals surface area contributed by atoms with Crippen LogP contribution >= 0.6 is 0 Å². The van der Waals surface area contributed by atoms with Gasteiger partial charge < -0.3 is 9.32 Å². The molecule has 3 aliphatic carbocycles. The number of fused-ring (bicyclic) bond motifs is 15. The number of hydrogen-bond donors (Lipinski definition) is 0. The predicted molar refractivity (Wildman–Crippen MR) is 225 cm³/mol. The summed E-state index contributed by atoms with van der Waals surface area (Å²) >= 11 is 0. The van der Waals surface area contributed by atoms with Crippen molar-refractivity contribution >= 4 is 44.9 Å². The van der Waals surface area contributed by atoms with E-state index in [0.717, 1.165) is 46.8 Å². The third kappa shape index (κ3) is 4.16. The third-order valence-electron chi connectivity index (χ3n) is 12.2. The van der Waals surface area contributed by atoms with E-state index in [-0.39, 0.29) is 0 Å². The molecular formula is C53H33NO. The molecule has 55 heavy (non-hydrogen) atoms. The van der Waals surface area contributed by atoms with Gasteiger partial charge in [0.25, 0.3) is 0 Å². The van der Waals surface area contributed by atoms with Gasteiger partial charge in [-0.05, 0) is 123 Å². The van der Waals surface area contributed by atoms with E-state index in [4.69, 9.17) is 4.42 Å². The Labute approximate surface area is 320 Å². The highest BCUT2D eigenvalue weighted by Gasteiger charge is 2.54. The molecule has 3 aliphatic rings. The maximum Gasteiger partial charge on any atom is 0.135 e. The molecule has 0 amide bonds. The summed E-state index contributed by atoms with van der Waals surface area (Å²) in [5.74, 6) is 0.983. The van der Waals surface area contributed by atoms with Crippen LogP contribution in [0.1, 0.15) is 40.0 Å². The van der Waals surface area contributed by atoms with Gasteiger partial charge in [0.2, 0.25) is 0 Å². The lowest BCUT2D eigenvalue weighted by atomic mass is 9.69. The Morgan fingerprint density at radius 3 is 2.25 bits per heavy atom. The number of benzene rings is 7. The van der Waals surface area contributed by atoms with Crippen LogP contribution in [0.25, 0.3) is 61.2 Å². The molecule has 0 saturated heterocycles. The molecule has 0 N–H and O–H groups in total. The molecule has 2 nitrogen and oxygen atoms in total. The molecule has 1 heterocycles. The van der Waals surface area contributed by atoms with Crippen LogP contribution in [0.4, 0.5) is 17.1 Å². The molecule has 0 radical (unpaired) electrons. The second-order valence-electron chi connectivity index (χ2n) is 14.9. The lowest BCUT2D eigenvalue weighted by molar-refractivity contribution is 0.595. The van der Waals surface area contributed by atoms with Crippen LogP contribution in [0.15, 0.2) is 174 Å². The van der Waals surface area contributed by atoms with Crippen LogP contribution in [0, 0.1) is 12.1 Å². The van der Waals surface area contributed by atoms with Gasteiger partial charge in [-0.2, -0.15) is 0 Å². The van der Waals surface area contributed by atoms with Crippen LogP contribution < -0.4 is 4.90 Å². The summed E-state index contributed by atoms with van der Waals surface area (Å²) in [6.45, 7) is 0. The van der Waals surface area contributed by atoms with Crippen molar-refractivity contribution in [1.82, 2.24) is 0 Å². The zero-order valence-electron chi connectivity index (χ0n) is 30.0. The number of rotatable bonds is 4. The molecule has 2 heteroatoms. The largest absolute Gasteiger partial charge is 0.456 e. The summed E-state index contributed by atoms with van der Waals surface area (Å²) in [5.41, 5.74) is 17.3. The Morgan fingerprint density at radius 1 is 0.582 bits per heavy atom. The second kappa shape index (κ2) is 11.5. The summed E-state index contributed by atoms with van der Waals surface area (Å²) in [6.07, 6.45) is 6.36.